The van der Waals surface area contributed by atoms with Crippen LogP contribution in [0.25, 0.3) is 0 Å². The molecule has 0 radical (unpaired) electrons. The summed E-state index contributed by atoms with van der Waals surface area (Å²) in [6.07, 6.45) is 0. The van der Waals surface area contributed by atoms with Crippen molar-refractivity contribution in [2.45, 2.75) is 13.2 Å². The molecule has 0 fully saturated rings. The van der Waals surface area contributed by atoms with Crippen molar-refractivity contribution in [1.29, 1.82) is 0 Å². The summed E-state index contributed by atoms with van der Waals surface area (Å²) < 4.78 is 5.70. The Morgan fingerprint density at radius 1 is 1.05 bits per heavy atom. The topological polar surface area (TPSA) is 21.3 Å². The smallest absolute Gasteiger partial charge is 0.139 e. The van der Waals surface area contributed by atoms with E-state index in [1.165, 1.54) is 5.56 Å². The minimum atomic E-state index is 0.454. The largest absolute Gasteiger partial charge is 0.487 e. The Morgan fingerprint density at radius 2 is 1.79 bits per heavy atom. The molecule has 2 aromatic rings. The molecule has 0 bridgehead atoms. The summed E-state index contributed by atoms with van der Waals surface area (Å²) in [6, 6.07) is 13.6. The van der Waals surface area contributed by atoms with Gasteiger partial charge >= 0.3 is 0 Å². The van der Waals surface area contributed by atoms with Gasteiger partial charge in [-0.3, -0.25) is 0 Å². The number of nitrogens with one attached hydrogen (secondary N) is 1. The Bertz CT molecular complexity index is 558. The zero-order valence-corrected chi connectivity index (χ0v) is 12.1. The molecule has 1 N–H and O–H groups in total. The summed E-state index contributed by atoms with van der Waals surface area (Å²) >= 11 is 12.0. The van der Waals surface area contributed by atoms with Crippen LogP contribution in [0.1, 0.15) is 11.1 Å². The van der Waals surface area contributed by atoms with E-state index in [4.69, 9.17) is 27.9 Å². The second-order valence-corrected chi connectivity index (χ2v) is 4.98. The monoisotopic (exact) mass is 295 g/mol. The van der Waals surface area contributed by atoms with Gasteiger partial charge in [-0.05, 0) is 30.3 Å². The first kappa shape index (κ1) is 14.2. The zero-order valence-electron chi connectivity index (χ0n) is 10.6. The van der Waals surface area contributed by atoms with Crippen molar-refractivity contribution in [1.82, 2.24) is 5.32 Å². The lowest BCUT2D eigenvalue weighted by atomic mass is 10.1. The summed E-state index contributed by atoms with van der Waals surface area (Å²) in [5.41, 5.74) is 2.32. The lowest BCUT2D eigenvalue weighted by molar-refractivity contribution is 0.306. The van der Waals surface area contributed by atoms with Gasteiger partial charge in [-0.25, -0.2) is 0 Å². The fourth-order valence-corrected chi connectivity index (χ4v) is 2.14. The van der Waals surface area contributed by atoms with Crippen LogP contribution in [0.2, 0.25) is 10.0 Å². The maximum absolute atomic E-state index is 6.07. The Balaban J connectivity index is 2.06. The van der Waals surface area contributed by atoms with Crippen molar-refractivity contribution in [2.75, 3.05) is 7.05 Å². The normalized spacial score (nSPS) is 10.5. The zero-order chi connectivity index (χ0) is 13.7. The molecule has 0 atom stereocenters. The Hall–Kier alpha value is -1.22. The highest BCUT2D eigenvalue weighted by atomic mass is 35.5. The molecule has 0 aliphatic rings. The molecule has 100 valence electrons. The third-order valence-electron chi connectivity index (χ3n) is 2.68. The Morgan fingerprint density at radius 3 is 2.58 bits per heavy atom. The van der Waals surface area contributed by atoms with Crippen LogP contribution in [0, 0.1) is 0 Å². The van der Waals surface area contributed by atoms with Crippen LogP contribution in [0.4, 0.5) is 0 Å². The van der Waals surface area contributed by atoms with Crippen LogP contribution in [-0.4, -0.2) is 7.05 Å². The number of benzene rings is 2. The summed E-state index contributed by atoms with van der Waals surface area (Å²) in [5, 5.41) is 4.08. The average Bonchev–Trinajstić information content (AvgIpc) is 2.41. The molecular formula is C15H15Cl2NO. The molecule has 0 saturated carbocycles. The van der Waals surface area contributed by atoms with E-state index >= 15 is 0 Å². The van der Waals surface area contributed by atoms with E-state index in [0.717, 1.165) is 12.1 Å². The second-order valence-electron chi connectivity index (χ2n) is 4.19. The molecule has 0 aliphatic carbocycles. The van der Waals surface area contributed by atoms with Crippen molar-refractivity contribution in [3.63, 3.8) is 0 Å². The van der Waals surface area contributed by atoms with Gasteiger partial charge in [0.15, 0.2) is 0 Å². The molecule has 0 unspecified atom stereocenters. The minimum Gasteiger partial charge on any atom is -0.487 e. The molecule has 0 saturated heterocycles. The van der Waals surface area contributed by atoms with Gasteiger partial charge in [0.25, 0.3) is 0 Å². The van der Waals surface area contributed by atoms with E-state index in [-0.39, 0.29) is 0 Å². The van der Waals surface area contributed by atoms with Crippen LogP contribution in [0.5, 0.6) is 5.75 Å². The van der Waals surface area contributed by atoms with Gasteiger partial charge in [-0.2, -0.15) is 0 Å². The first-order valence-corrected chi connectivity index (χ1v) is 6.75. The van der Waals surface area contributed by atoms with Crippen molar-refractivity contribution < 1.29 is 4.74 Å². The molecule has 4 heteroatoms. The first-order chi connectivity index (χ1) is 9.20. The fourth-order valence-electron chi connectivity index (χ4n) is 1.79. The van der Waals surface area contributed by atoms with E-state index in [1.54, 1.807) is 6.07 Å². The number of hydrogen-bond acceptors (Lipinski definition) is 2. The van der Waals surface area contributed by atoms with Crippen LogP contribution in [-0.2, 0) is 13.2 Å². The standard InChI is InChI=1S/C15H15Cl2NO/c1-18-9-11-4-2-5-12(8-11)10-19-14-7-3-6-13(16)15(14)17/h2-8,18H,9-10H2,1H3. The number of rotatable bonds is 5. The van der Waals surface area contributed by atoms with E-state index in [1.807, 2.05) is 31.3 Å². The third-order valence-corrected chi connectivity index (χ3v) is 3.48. The average molecular weight is 296 g/mol. The van der Waals surface area contributed by atoms with Gasteiger partial charge in [0.2, 0.25) is 0 Å². The second kappa shape index (κ2) is 6.80. The Labute approximate surface area is 123 Å². The highest BCUT2D eigenvalue weighted by Gasteiger charge is 2.05. The van der Waals surface area contributed by atoms with Crippen LogP contribution < -0.4 is 10.1 Å². The van der Waals surface area contributed by atoms with E-state index in [9.17, 15) is 0 Å². The highest BCUT2D eigenvalue weighted by Crippen LogP contribution is 2.31. The number of halogens is 2. The summed E-state index contributed by atoms with van der Waals surface area (Å²) in [6.45, 7) is 1.31. The summed E-state index contributed by atoms with van der Waals surface area (Å²) in [7, 11) is 1.93. The van der Waals surface area contributed by atoms with E-state index in [0.29, 0.717) is 22.4 Å². The predicted molar refractivity (Wildman–Crippen MR) is 80.0 cm³/mol. The molecular weight excluding hydrogens is 281 g/mol. The quantitative estimate of drug-likeness (QED) is 0.888. The van der Waals surface area contributed by atoms with Gasteiger partial charge < -0.3 is 10.1 Å². The van der Waals surface area contributed by atoms with Crippen LogP contribution in [0.15, 0.2) is 42.5 Å². The van der Waals surface area contributed by atoms with Gasteiger partial charge in [0.05, 0.1) is 5.02 Å². The highest BCUT2D eigenvalue weighted by molar-refractivity contribution is 6.42. The van der Waals surface area contributed by atoms with E-state index in [2.05, 4.69) is 17.4 Å². The lowest BCUT2D eigenvalue weighted by Gasteiger charge is -2.10. The van der Waals surface area contributed by atoms with Gasteiger partial charge in [-0.1, -0.05) is 53.5 Å². The summed E-state index contributed by atoms with van der Waals surface area (Å²) in [4.78, 5) is 0. The molecule has 19 heavy (non-hydrogen) atoms. The lowest BCUT2D eigenvalue weighted by Crippen LogP contribution is -2.05. The minimum absolute atomic E-state index is 0.454. The molecule has 2 nitrogen and oxygen atoms in total. The summed E-state index contributed by atoms with van der Waals surface area (Å²) in [5.74, 6) is 0.605. The maximum Gasteiger partial charge on any atom is 0.139 e. The molecule has 2 rings (SSSR count). The molecule has 0 aromatic heterocycles. The molecule has 0 spiro atoms. The van der Waals surface area contributed by atoms with Crippen molar-refractivity contribution >= 4 is 23.2 Å². The van der Waals surface area contributed by atoms with Gasteiger partial charge in [0.1, 0.15) is 17.4 Å². The maximum atomic E-state index is 6.07. The van der Waals surface area contributed by atoms with Gasteiger partial charge in [0, 0.05) is 6.54 Å². The molecule has 0 heterocycles. The van der Waals surface area contributed by atoms with Gasteiger partial charge in [-0.15, -0.1) is 0 Å². The molecule has 2 aromatic carbocycles. The number of hydrogen-bond donors (Lipinski definition) is 1. The van der Waals surface area contributed by atoms with E-state index < -0.39 is 0 Å². The van der Waals surface area contributed by atoms with Crippen molar-refractivity contribution in [2.24, 2.45) is 0 Å². The Kier molecular flexibility index (Phi) is 5.08. The fraction of sp³-hybridized carbons (Fsp3) is 0.200. The molecule has 0 aliphatic heterocycles. The van der Waals surface area contributed by atoms with Crippen molar-refractivity contribution in [3.8, 4) is 5.75 Å². The SMILES string of the molecule is CNCc1cccc(COc2cccc(Cl)c2Cl)c1. The predicted octanol–water partition coefficient (Wildman–Crippen LogP) is 4.29. The third kappa shape index (κ3) is 3.87. The van der Waals surface area contributed by atoms with Crippen LogP contribution in [0.3, 0.4) is 0 Å². The van der Waals surface area contributed by atoms with Crippen LogP contribution >= 0.6 is 23.2 Å². The number of ether oxygens (including phenoxy) is 1. The first-order valence-electron chi connectivity index (χ1n) is 6.00. The van der Waals surface area contributed by atoms with Crippen molar-refractivity contribution in [3.05, 3.63) is 63.6 Å². The molecule has 0 amide bonds.